The predicted molar refractivity (Wildman–Crippen MR) is 96.2 cm³/mol. The smallest absolute Gasteiger partial charge is 0.359 e. The maximum absolute atomic E-state index is 12.3. The summed E-state index contributed by atoms with van der Waals surface area (Å²) in [5.41, 5.74) is -0.417. The van der Waals surface area contributed by atoms with Gasteiger partial charge >= 0.3 is 12.0 Å². The number of ether oxygens (including phenoxy) is 1. The van der Waals surface area contributed by atoms with Gasteiger partial charge in [0.2, 0.25) is 0 Å². The number of aromatic nitrogens is 2. The van der Waals surface area contributed by atoms with Crippen LogP contribution in [0.25, 0.3) is 10.8 Å². The highest BCUT2D eigenvalue weighted by Gasteiger charge is 2.20. The van der Waals surface area contributed by atoms with Crippen molar-refractivity contribution in [1.29, 1.82) is 0 Å². The third kappa shape index (κ3) is 4.30. The van der Waals surface area contributed by atoms with E-state index >= 15 is 0 Å². The number of amides is 3. The van der Waals surface area contributed by atoms with E-state index in [-0.39, 0.29) is 17.3 Å². The van der Waals surface area contributed by atoms with Crippen molar-refractivity contribution in [3.8, 4) is 0 Å². The molecule has 0 unspecified atom stereocenters. The van der Waals surface area contributed by atoms with Crippen molar-refractivity contribution in [2.75, 3.05) is 6.61 Å². The summed E-state index contributed by atoms with van der Waals surface area (Å²) in [5.74, 6) is -1.60. The molecule has 3 rings (SSSR count). The molecule has 1 aromatic carbocycles. The molecule has 27 heavy (non-hydrogen) atoms. The van der Waals surface area contributed by atoms with Crippen LogP contribution in [0.2, 0.25) is 0 Å². The Labute approximate surface area is 154 Å². The highest BCUT2D eigenvalue weighted by Crippen LogP contribution is 2.17. The summed E-state index contributed by atoms with van der Waals surface area (Å²) in [6.45, 7) is -0.629. The van der Waals surface area contributed by atoms with Crippen LogP contribution in [-0.2, 0) is 16.6 Å². The van der Waals surface area contributed by atoms with Gasteiger partial charge in [0.05, 0.1) is 5.39 Å². The number of urea groups is 1. The van der Waals surface area contributed by atoms with Crippen molar-refractivity contribution in [3.05, 3.63) is 40.3 Å². The zero-order valence-corrected chi connectivity index (χ0v) is 14.9. The van der Waals surface area contributed by atoms with Crippen molar-refractivity contribution in [3.63, 3.8) is 0 Å². The molecule has 2 aromatic rings. The van der Waals surface area contributed by atoms with Crippen molar-refractivity contribution in [2.24, 2.45) is 7.05 Å². The number of benzene rings is 1. The van der Waals surface area contributed by atoms with Crippen molar-refractivity contribution >= 4 is 28.7 Å². The van der Waals surface area contributed by atoms with Gasteiger partial charge in [-0.3, -0.25) is 14.9 Å². The number of carbonyl (C=O) groups excluding carboxylic acids is 3. The number of esters is 1. The third-order valence-electron chi connectivity index (χ3n) is 4.43. The Bertz CT molecular complexity index is 946. The van der Waals surface area contributed by atoms with Crippen LogP contribution in [0, 0.1) is 0 Å². The number of imide groups is 1. The van der Waals surface area contributed by atoms with E-state index in [9.17, 15) is 19.2 Å². The minimum absolute atomic E-state index is 0.0709. The molecular formula is C18H20N4O5. The maximum Gasteiger partial charge on any atom is 0.359 e. The summed E-state index contributed by atoms with van der Waals surface area (Å²) in [5, 5.41) is 9.42. The molecule has 0 aliphatic heterocycles. The van der Waals surface area contributed by atoms with Gasteiger partial charge in [-0.05, 0) is 18.9 Å². The first kappa shape index (κ1) is 18.6. The summed E-state index contributed by atoms with van der Waals surface area (Å²) in [6, 6.07) is 5.97. The molecule has 1 aromatic heterocycles. The Kier molecular flexibility index (Phi) is 5.49. The maximum atomic E-state index is 12.3. The molecule has 142 valence electrons. The second-order valence-electron chi connectivity index (χ2n) is 6.40. The standard InChI is InChI=1S/C18H20N4O5/c1-22-16(24)13-9-5-4-8-12(13)15(21-22)17(25)27-10-14(23)20-18(26)19-11-6-2-3-7-11/h4-5,8-9,11H,2-3,6-7,10H2,1H3,(H2,19,20,23,26). The van der Waals surface area contributed by atoms with Crippen LogP contribution >= 0.6 is 0 Å². The zero-order valence-electron chi connectivity index (χ0n) is 14.9. The fraction of sp³-hybridized carbons (Fsp3) is 0.389. The fourth-order valence-electron chi connectivity index (χ4n) is 3.10. The minimum Gasteiger partial charge on any atom is -0.451 e. The lowest BCUT2D eigenvalue weighted by atomic mass is 10.1. The Hall–Kier alpha value is -3.23. The van der Waals surface area contributed by atoms with Crippen LogP contribution in [0.3, 0.4) is 0 Å². The lowest BCUT2D eigenvalue weighted by Crippen LogP contribution is -2.45. The van der Waals surface area contributed by atoms with Gasteiger partial charge in [0.1, 0.15) is 0 Å². The number of rotatable bonds is 4. The summed E-state index contributed by atoms with van der Waals surface area (Å²) in [6.07, 6.45) is 3.89. The number of hydrogen-bond acceptors (Lipinski definition) is 6. The molecule has 0 saturated heterocycles. The van der Waals surface area contributed by atoms with E-state index in [0.29, 0.717) is 10.8 Å². The first-order valence-electron chi connectivity index (χ1n) is 8.69. The Morgan fingerprint density at radius 1 is 1.19 bits per heavy atom. The Morgan fingerprint density at radius 3 is 2.56 bits per heavy atom. The van der Waals surface area contributed by atoms with E-state index < -0.39 is 24.5 Å². The van der Waals surface area contributed by atoms with Crippen LogP contribution < -0.4 is 16.2 Å². The lowest BCUT2D eigenvalue weighted by Gasteiger charge is -2.12. The molecule has 2 N–H and O–H groups in total. The second kappa shape index (κ2) is 7.98. The average molecular weight is 372 g/mol. The van der Waals surface area contributed by atoms with E-state index in [1.54, 1.807) is 24.3 Å². The largest absolute Gasteiger partial charge is 0.451 e. The van der Waals surface area contributed by atoms with E-state index in [2.05, 4.69) is 15.7 Å². The predicted octanol–water partition coefficient (Wildman–Crippen LogP) is 0.859. The van der Waals surface area contributed by atoms with Crippen molar-refractivity contribution in [1.82, 2.24) is 20.4 Å². The molecule has 0 radical (unpaired) electrons. The molecule has 1 fully saturated rings. The van der Waals surface area contributed by atoms with Gasteiger partial charge in [0.15, 0.2) is 12.3 Å². The normalized spacial score (nSPS) is 14.1. The average Bonchev–Trinajstić information content (AvgIpc) is 3.15. The van der Waals surface area contributed by atoms with E-state index in [0.717, 1.165) is 30.4 Å². The highest BCUT2D eigenvalue weighted by atomic mass is 16.5. The topological polar surface area (TPSA) is 119 Å². The van der Waals surface area contributed by atoms with Crippen LogP contribution in [-0.4, -0.2) is 40.3 Å². The van der Waals surface area contributed by atoms with Gasteiger partial charge in [-0.1, -0.05) is 31.0 Å². The Balaban J connectivity index is 1.61. The van der Waals surface area contributed by atoms with Crippen LogP contribution in [0.1, 0.15) is 36.2 Å². The van der Waals surface area contributed by atoms with Crippen molar-refractivity contribution in [2.45, 2.75) is 31.7 Å². The molecule has 9 nitrogen and oxygen atoms in total. The van der Waals surface area contributed by atoms with Crippen LogP contribution in [0.15, 0.2) is 29.1 Å². The van der Waals surface area contributed by atoms with Crippen molar-refractivity contribution < 1.29 is 19.1 Å². The van der Waals surface area contributed by atoms with Gasteiger partial charge in [-0.25, -0.2) is 14.3 Å². The number of fused-ring (bicyclic) bond motifs is 1. The van der Waals surface area contributed by atoms with Gasteiger partial charge in [-0.2, -0.15) is 5.10 Å². The first-order valence-corrected chi connectivity index (χ1v) is 8.69. The number of hydrogen-bond donors (Lipinski definition) is 2. The van der Waals surface area contributed by atoms with E-state index in [4.69, 9.17) is 4.74 Å². The second-order valence-corrected chi connectivity index (χ2v) is 6.40. The fourth-order valence-corrected chi connectivity index (χ4v) is 3.10. The van der Waals surface area contributed by atoms with Gasteiger partial charge in [0.25, 0.3) is 11.5 Å². The van der Waals surface area contributed by atoms with E-state index in [1.165, 1.54) is 7.05 Å². The molecule has 0 atom stereocenters. The highest BCUT2D eigenvalue weighted by molar-refractivity contribution is 6.03. The number of aryl methyl sites for hydroxylation is 1. The molecule has 9 heteroatoms. The molecule has 1 aliphatic rings. The summed E-state index contributed by atoms with van der Waals surface area (Å²) in [4.78, 5) is 48.0. The van der Waals surface area contributed by atoms with E-state index in [1.807, 2.05) is 0 Å². The molecule has 1 aliphatic carbocycles. The summed E-state index contributed by atoms with van der Waals surface area (Å²) >= 11 is 0. The quantitative estimate of drug-likeness (QED) is 0.768. The third-order valence-corrected chi connectivity index (χ3v) is 4.43. The first-order chi connectivity index (χ1) is 13.0. The molecular weight excluding hydrogens is 352 g/mol. The monoisotopic (exact) mass is 372 g/mol. The van der Waals surface area contributed by atoms with Gasteiger partial charge < -0.3 is 10.1 Å². The lowest BCUT2D eigenvalue weighted by molar-refractivity contribution is -0.123. The van der Waals surface area contributed by atoms with Crippen LogP contribution in [0.4, 0.5) is 4.79 Å². The molecule has 3 amide bonds. The minimum atomic E-state index is -0.854. The summed E-state index contributed by atoms with van der Waals surface area (Å²) < 4.78 is 5.99. The summed E-state index contributed by atoms with van der Waals surface area (Å²) in [7, 11) is 1.42. The van der Waals surface area contributed by atoms with Gasteiger partial charge in [-0.15, -0.1) is 0 Å². The molecule has 0 bridgehead atoms. The number of nitrogens with zero attached hydrogens (tertiary/aromatic N) is 2. The molecule has 1 heterocycles. The van der Waals surface area contributed by atoms with Crippen LogP contribution in [0.5, 0.6) is 0 Å². The number of nitrogens with one attached hydrogen (secondary N) is 2. The molecule has 0 spiro atoms. The van der Waals surface area contributed by atoms with Gasteiger partial charge in [0, 0.05) is 18.5 Å². The SMILES string of the molecule is Cn1nc(C(=O)OCC(=O)NC(=O)NC2CCCC2)c2ccccc2c1=O. The number of carbonyl (C=O) groups is 3. The molecule has 1 saturated carbocycles. The Morgan fingerprint density at radius 2 is 1.85 bits per heavy atom. The zero-order chi connectivity index (χ0) is 19.4.